The molecule has 2 aliphatic rings. The van der Waals surface area contributed by atoms with Gasteiger partial charge < -0.3 is 9.26 Å². The van der Waals surface area contributed by atoms with Gasteiger partial charge >= 0.3 is 0 Å². The number of rotatable bonds is 3. The van der Waals surface area contributed by atoms with Crippen molar-refractivity contribution in [2.24, 2.45) is 0 Å². The molecule has 0 bridgehead atoms. The Morgan fingerprint density at radius 2 is 2.03 bits per heavy atom. The van der Waals surface area contributed by atoms with Gasteiger partial charge in [0.1, 0.15) is 29.3 Å². The largest absolute Gasteiger partial charge is 0.355 e. The molecule has 0 radical (unpaired) electrons. The average Bonchev–Trinajstić information content (AvgIpc) is 3.19. The SMILES string of the molecule is CC1(c2nc(-c3ncn4c3c(=O)n(C3(C)CCCO3)c3c(C#N)c(Cl)ccc34)no2)CC1. The summed E-state index contributed by atoms with van der Waals surface area (Å²) in [7, 11) is 0. The minimum absolute atomic E-state index is 0.0999. The van der Waals surface area contributed by atoms with E-state index in [0.717, 1.165) is 19.3 Å². The summed E-state index contributed by atoms with van der Waals surface area (Å²) in [5, 5.41) is 14.2. The van der Waals surface area contributed by atoms with E-state index in [1.54, 1.807) is 27.4 Å². The summed E-state index contributed by atoms with van der Waals surface area (Å²) in [6, 6.07) is 5.58. The zero-order valence-corrected chi connectivity index (χ0v) is 18.3. The van der Waals surface area contributed by atoms with Crippen molar-refractivity contribution in [2.45, 2.75) is 50.7 Å². The Kier molecular flexibility index (Phi) is 3.89. The molecule has 1 saturated heterocycles. The van der Waals surface area contributed by atoms with Crippen molar-refractivity contribution < 1.29 is 9.26 Å². The highest BCUT2D eigenvalue weighted by Crippen LogP contribution is 2.47. The van der Waals surface area contributed by atoms with E-state index < -0.39 is 5.72 Å². The fourth-order valence-corrected chi connectivity index (χ4v) is 4.74. The smallest absolute Gasteiger partial charge is 0.280 e. The molecule has 4 heterocycles. The van der Waals surface area contributed by atoms with Gasteiger partial charge in [0.2, 0.25) is 11.7 Å². The van der Waals surface area contributed by atoms with E-state index in [2.05, 4.69) is 28.1 Å². The normalized spacial score (nSPS) is 21.9. The highest BCUT2D eigenvalue weighted by Gasteiger charge is 2.45. The molecule has 2 fully saturated rings. The molecule has 3 aromatic heterocycles. The molecule has 6 rings (SSSR count). The summed E-state index contributed by atoms with van der Waals surface area (Å²) in [5.74, 6) is 0.824. The summed E-state index contributed by atoms with van der Waals surface area (Å²) < 4.78 is 14.7. The number of nitrogens with zero attached hydrogens (tertiary/aromatic N) is 6. The number of fused-ring (bicyclic) bond motifs is 3. The Labute approximate surface area is 187 Å². The highest BCUT2D eigenvalue weighted by atomic mass is 35.5. The molecule has 1 aliphatic carbocycles. The van der Waals surface area contributed by atoms with Gasteiger partial charge in [-0.15, -0.1) is 0 Å². The number of hydrogen-bond acceptors (Lipinski definition) is 7. The first-order valence-corrected chi connectivity index (χ1v) is 10.9. The number of imidazole rings is 1. The van der Waals surface area contributed by atoms with Gasteiger partial charge in [-0.3, -0.25) is 13.8 Å². The first-order chi connectivity index (χ1) is 15.4. The molecule has 0 spiro atoms. The molecular formula is C22H19ClN6O3. The van der Waals surface area contributed by atoms with Crippen LogP contribution in [0.4, 0.5) is 0 Å². The van der Waals surface area contributed by atoms with Crippen LogP contribution in [0.3, 0.4) is 0 Å². The fraction of sp³-hybridized carbons (Fsp3) is 0.409. The maximum Gasteiger partial charge on any atom is 0.280 e. The zero-order chi connectivity index (χ0) is 22.3. The number of benzene rings is 1. The van der Waals surface area contributed by atoms with Crippen molar-refractivity contribution in [1.82, 2.24) is 24.1 Å². The van der Waals surface area contributed by atoms with Gasteiger partial charge in [-0.2, -0.15) is 10.2 Å². The molecular weight excluding hydrogens is 432 g/mol. The maximum absolute atomic E-state index is 14.0. The van der Waals surface area contributed by atoms with Gasteiger partial charge in [0.15, 0.2) is 0 Å². The summed E-state index contributed by atoms with van der Waals surface area (Å²) in [5.41, 5.74) is 0.527. The number of nitriles is 1. The van der Waals surface area contributed by atoms with E-state index in [4.69, 9.17) is 20.9 Å². The second kappa shape index (κ2) is 6.40. The minimum atomic E-state index is -0.918. The van der Waals surface area contributed by atoms with Gasteiger partial charge in [-0.25, -0.2) is 4.98 Å². The molecule has 0 amide bonds. The van der Waals surface area contributed by atoms with Crippen LogP contribution < -0.4 is 5.56 Å². The number of ether oxygens (including phenoxy) is 1. The molecule has 162 valence electrons. The second-order valence-electron chi connectivity index (χ2n) is 8.97. The first-order valence-electron chi connectivity index (χ1n) is 10.5. The number of hydrogen-bond donors (Lipinski definition) is 0. The van der Waals surface area contributed by atoms with Crippen molar-refractivity contribution in [2.75, 3.05) is 6.61 Å². The Morgan fingerprint density at radius 3 is 2.72 bits per heavy atom. The van der Waals surface area contributed by atoms with Crippen LogP contribution >= 0.6 is 11.6 Å². The van der Waals surface area contributed by atoms with E-state index in [9.17, 15) is 10.1 Å². The predicted molar refractivity (Wildman–Crippen MR) is 115 cm³/mol. The molecule has 10 heteroatoms. The molecule has 1 unspecified atom stereocenters. The topological polar surface area (TPSA) is 111 Å². The van der Waals surface area contributed by atoms with Crippen molar-refractivity contribution in [3.05, 3.63) is 45.3 Å². The monoisotopic (exact) mass is 450 g/mol. The van der Waals surface area contributed by atoms with Gasteiger partial charge in [-0.1, -0.05) is 23.7 Å². The first kappa shape index (κ1) is 19.5. The van der Waals surface area contributed by atoms with Crippen LogP contribution in [0.25, 0.3) is 28.1 Å². The summed E-state index contributed by atoms with van der Waals surface area (Å²) in [6.07, 6.45) is 4.95. The van der Waals surface area contributed by atoms with Crippen LogP contribution in [-0.4, -0.2) is 30.7 Å². The molecule has 1 atom stereocenters. The number of halogens is 1. The molecule has 1 aromatic carbocycles. The lowest BCUT2D eigenvalue weighted by Gasteiger charge is -2.28. The van der Waals surface area contributed by atoms with Crippen molar-refractivity contribution >= 4 is 28.2 Å². The van der Waals surface area contributed by atoms with Crippen LogP contribution in [0.15, 0.2) is 27.8 Å². The Hall–Kier alpha value is -3.22. The summed E-state index contributed by atoms with van der Waals surface area (Å²) in [6.45, 7) is 4.45. The van der Waals surface area contributed by atoms with Crippen LogP contribution in [0.1, 0.15) is 51.0 Å². The van der Waals surface area contributed by atoms with Crippen LogP contribution in [-0.2, 0) is 15.9 Å². The second-order valence-corrected chi connectivity index (χ2v) is 9.37. The lowest BCUT2D eigenvalue weighted by atomic mass is 10.1. The molecule has 32 heavy (non-hydrogen) atoms. The maximum atomic E-state index is 14.0. The van der Waals surface area contributed by atoms with Crippen LogP contribution in [0.5, 0.6) is 0 Å². The lowest BCUT2D eigenvalue weighted by molar-refractivity contribution is -0.0448. The van der Waals surface area contributed by atoms with Crippen LogP contribution in [0.2, 0.25) is 5.02 Å². The Bertz CT molecular complexity index is 1510. The zero-order valence-electron chi connectivity index (χ0n) is 17.6. The van der Waals surface area contributed by atoms with Crippen molar-refractivity contribution in [1.29, 1.82) is 5.26 Å². The average molecular weight is 451 g/mol. The van der Waals surface area contributed by atoms with E-state index in [-0.39, 0.29) is 27.4 Å². The van der Waals surface area contributed by atoms with E-state index >= 15 is 0 Å². The third-order valence-corrected chi connectivity index (χ3v) is 7.01. The van der Waals surface area contributed by atoms with Gasteiger partial charge in [0.25, 0.3) is 5.56 Å². The van der Waals surface area contributed by atoms with Gasteiger partial charge in [-0.05, 0) is 44.7 Å². The van der Waals surface area contributed by atoms with E-state index in [0.29, 0.717) is 41.2 Å². The highest BCUT2D eigenvalue weighted by molar-refractivity contribution is 6.32. The van der Waals surface area contributed by atoms with E-state index in [1.807, 2.05) is 6.92 Å². The van der Waals surface area contributed by atoms with Crippen molar-refractivity contribution in [3.63, 3.8) is 0 Å². The molecule has 9 nitrogen and oxygen atoms in total. The minimum Gasteiger partial charge on any atom is -0.355 e. The molecule has 1 aliphatic heterocycles. The fourth-order valence-electron chi connectivity index (χ4n) is 4.55. The molecule has 1 saturated carbocycles. The summed E-state index contributed by atoms with van der Waals surface area (Å²) >= 11 is 6.35. The lowest BCUT2D eigenvalue weighted by Crippen LogP contribution is -2.39. The van der Waals surface area contributed by atoms with Crippen molar-refractivity contribution in [3.8, 4) is 17.6 Å². The van der Waals surface area contributed by atoms with Gasteiger partial charge in [0.05, 0.1) is 21.6 Å². The quantitative estimate of drug-likeness (QED) is 0.467. The standard InChI is InChI=1S/C22H19ClN6O3/c1-21(7-8-21)20-26-18(27-32-20)15-17-19(30)29(22(2)6-3-9-31-22)16-12(10-24)13(23)4-5-14(16)28(17)11-25-15/h4-5,11H,3,6-9H2,1-2H3. The Balaban J connectivity index is 1.72. The molecule has 0 N–H and O–H groups in total. The number of aromatic nitrogens is 5. The summed E-state index contributed by atoms with van der Waals surface area (Å²) in [4.78, 5) is 23.0. The third kappa shape index (κ3) is 2.54. The van der Waals surface area contributed by atoms with E-state index in [1.165, 1.54) is 0 Å². The molecule has 4 aromatic rings. The van der Waals surface area contributed by atoms with Crippen LogP contribution in [0, 0.1) is 11.3 Å². The van der Waals surface area contributed by atoms with Gasteiger partial charge in [0, 0.05) is 12.0 Å². The Morgan fingerprint density at radius 1 is 1.22 bits per heavy atom. The predicted octanol–water partition coefficient (Wildman–Crippen LogP) is 3.76. The third-order valence-electron chi connectivity index (χ3n) is 6.70.